The number of nitro benzene ring substituents is 1. The zero-order chi connectivity index (χ0) is 20.0. The summed E-state index contributed by atoms with van der Waals surface area (Å²) in [6.45, 7) is 4.14. The van der Waals surface area contributed by atoms with Crippen LogP contribution in [0.5, 0.6) is 0 Å². The molecule has 0 fully saturated rings. The number of carboxylic acids is 1. The summed E-state index contributed by atoms with van der Waals surface area (Å²) in [5.74, 6) is -1.10. The molecule has 0 aliphatic rings. The third-order valence-electron chi connectivity index (χ3n) is 4.30. The Morgan fingerprint density at radius 1 is 1.11 bits per heavy atom. The highest BCUT2D eigenvalue weighted by Gasteiger charge is 2.19. The highest BCUT2D eigenvalue weighted by Crippen LogP contribution is 2.17. The van der Waals surface area contributed by atoms with Crippen LogP contribution >= 0.6 is 0 Å². The zero-order valence-electron chi connectivity index (χ0n) is 15.3. The number of aryl methyl sites for hydroxylation is 1. The molecule has 1 amide bonds. The molecule has 0 aliphatic heterocycles. The van der Waals surface area contributed by atoms with Crippen LogP contribution in [0, 0.1) is 10.1 Å². The Balaban J connectivity index is 2.07. The number of rotatable bonds is 8. The van der Waals surface area contributed by atoms with Crippen molar-refractivity contribution in [1.82, 2.24) is 4.90 Å². The number of carboxylic acid groups (broad SMARTS) is 1. The van der Waals surface area contributed by atoms with Crippen LogP contribution in [0.2, 0.25) is 0 Å². The Morgan fingerprint density at radius 3 is 2.30 bits per heavy atom. The topological polar surface area (TPSA) is 101 Å². The van der Waals surface area contributed by atoms with E-state index in [9.17, 15) is 24.8 Å². The van der Waals surface area contributed by atoms with Gasteiger partial charge in [0.25, 0.3) is 5.69 Å². The minimum atomic E-state index is -1.01. The summed E-state index contributed by atoms with van der Waals surface area (Å²) in [6.07, 6.45) is 0.528. The smallest absolute Gasteiger partial charge is 0.335 e. The summed E-state index contributed by atoms with van der Waals surface area (Å²) in [7, 11) is 0. The van der Waals surface area contributed by atoms with Gasteiger partial charge in [-0.05, 0) is 37.5 Å². The average Bonchev–Trinajstić information content (AvgIpc) is 2.64. The molecule has 0 atom stereocenters. The van der Waals surface area contributed by atoms with Gasteiger partial charge in [0.15, 0.2) is 0 Å². The van der Waals surface area contributed by atoms with Crippen molar-refractivity contribution in [3.8, 4) is 0 Å². The molecule has 0 aliphatic carbocycles. The van der Waals surface area contributed by atoms with Gasteiger partial charge in [0.05, 0.1) is 10.5 Å². The van der Waals surface area contributed by atoms with Crippen molar-refractivity contribution in [2.45, 2.75) is 39.3 Å². The molecule has 0 radical (unpaired) electrons. The predicted molar refractivity (Wildman–Crippen MR) is 101 cm³/mol. The van der Waals surface area contributed by atoms with Gasteiger partial charge < -0.3 is 10.0 Å². The van der Waals surface area contributed by atoms with Crippen LogP contribution in [0.4, 0.5) is 5.69 Å². The predicted octanol–water partition coefficient (Wildman–Crippen LogP) is 3.66. The highest BCUT2D eigenvalue weighted by atomic mass is 16.6. The van der Waals surface area contributed by atoms with Gasteiger partial charge in [0, 0.05) is 31.1 Å². The van der Waals surface area contributed by atoms with E-state index < -0.39 is 10.9 Å². The molecule has 7 heteroatoms. The molecule has 0 saturated carbocycles. The summed E-state index contributed by atoms with van der Waals surface area (Å²) >= 11 is 0. The van der Waals surface area contributed by atoms with Gasteiger partial charge in [-0.2, -0.15) is 0 Å². The highest BCUT2D eigenvalue weighted by molar-refractivity contribution is 5.89. The van der Waals surface area contributed by atoms with Crippen molar-refractivity contribution >= 4 is 17.6 Å². The molecule has 0 unspecified atom stereocenters. The third kappa shape index (κ3) is 5.37. The molecule has 7 nitrogen and oxygen atoms in total. The molecule has 142 valence electrons. The summed E-state index contributed by atoms with van der Waals surface area (Å²) in [6, 6.07) is 12.7. The third-order valence-corrected chi connectivity index (χ3v) is 4.30. The van der Waals surface area contributed by atoms with Crippen LogP contribution in [0.25, 0.3) is 0 Å². The number of hydrogen-bond acceptors (Lipinski definition) is 4. The lowest BCUT2D eigenvalue weighted by molar-refractivity contribution is -0.384. The van der Waals surface area contributed by atoms with Crippen molar-refractivity contribution < 1.29 is 19.6 Å². The van der Waals surface area contributed by atoms with E-state index in [1.807, 2.05) is 13.8 Å². The van der Waals surface area contributed by atoms with E-state index in [0.717, 1.165) is 5.56 Å². The van der Waals surface area contributed by atoms with E-state index in [0.29, 0.717) is 18.5 Å². The molecule has 0 heterocycles. The van der Waals surface area contributed by atoms with Gasteiger partial charge in [-0.15, -0.1) is 0 Å². The van der Waals surface area contributed by atoms with Crippen LogP contribution in [0.15, 0.2) is 48.5 Å². The van der Waals surface area contributed by atoms with E-state index in [1.165, 1.54) is 18.2 Å². The molecular formula is C20H22N2O5. The first-order valence-corrected chi connectivity index (χ1v) is 8.63. The van der Waals surface area contributed by atoms with Crippen molar-refractivity contribution in [1.29, 1.82) is 0 Å². The number of carbonyl (C=O) groups is 2. The maximum Gasteiger partial charge on any atom is 0.335 e. The van der Waals surface area contributed by atoms with Gasteiger partial charge >= 0.3 is 5.97 Å². The number of carbonyl (C=O) groups excluding carboxylic acids is 1. The molecule has 0 bridgehead atoms. The maximum atomic E-state index is 12.7. The number of nitrogens with zero attached hydrogens (tertiary/aromatic N) is 2. The first-order valence-electron chi connectivity index (χ1n) is 8.63. The largest absolute Gasteiger partial charge is 0.478 e. The monoisotopic (exact) mass is 370 g/mol. The molecular weight excluding hydrogens is 348 g/mol. The molecule has 0 aromatic heterocycles. The van der Waals surface area contributed by atoms with E-state index in [1.54, 1.807) is 35.2 Å². The zero-order valence-corrected chi connectivity index (χ0v) is 15.3. The SMILES string of the molecule is CC(C)N(Cc1ccc([N+](=O)[O-])cc1)C(=O)CCc1ccccc1C(=O)O. The number of non-ortho nitro benzene ring substituents is 1. The second-order valence-corrected chi connectivity index (χ2v) is 6.50. The number of aromatic carboxylic acids is 1. The lowest BCUT2D eigenvalue weighted by Gasteiger charge is -2.27. The number of amides is 1. The average molecular weight is 370 g/mol. The standard InChI is InChI=1S/C20H22N2O5/c1-14(2)21(13-15-7-10-17(11-8-15)22(26)27)19(23)12-9-16-5-3-4-6-18(16)20(24)25/h3-8,10-11,14H,9,12-13H2,1-2H3,(H,24,25). The van der Waals surface area contributed by atoms with Gasteiger partial charge in [0.1, 0.15) is 0 Å². The summed E-state index contributed by atoms with van der Waals surface area (Å²) in [5, 5.41) is 20.0. The number of hydrogen-bond donors (Lipinski definition) is 1. The molecule has 27 heavy (non-hydrogen) atoms. The quantitative estimate of drug-likeness (QED) is 0.564. The first-order chi connectivity index (χ1) is 12.8. The maximum absolute atomic E-state index is 12.7. The molecule has 0 spiro atoms. The summed E-state index contributed by atoms with van der Waals surface area (Å²) < 4.78 is 0. The van der Waals surface area contributed by atoms with Crippen LogP contribution in [0.3, 0.4) is 0 Å². The molecule has 0 saturated heterocycles. The minimum absolute atomic E-state index is 0.00597. The fraction of sp³-hybridized carbons (Fsp3) is 0.300. The Bertz CT molecular complexity index is 831. The van der Waals surface area contributed by atoms with E-state index in [2.05, 4.69) is 0 Å². The Labute approximate surface area is 157 Å². The Morgan fingerprint density at radius 2 is 1.74 bits per heavy atom. The number of nitro groups is 1. The second kappa shape index (κ2) is 8.93. The van der Waals surface area contributed by atoms with Crippen molar-refractivity contribution in [2.24, 2.45) is 0 Å². The molecule has 2 aromatic carbocycles. The van der Waals surface area contributed by atoms with Crippen LogP contribution in [0.1, 0.15) is 41.8 Å². The molecule has 2 rings (SSSR count). The lowest BCUT2D eigenvalue weighted by Crippen LogP contribution is -2.36. The van der Waals surface area contributed by atoms with Gasteiger partial charge in [-0.25, -0.2) is 4.79 Å². The fourth-order valence-corrected chi connectivity index (χ4v) is 2.81. The summed E-state index contributed by atoms with van der Waals surface area (Å²) in [5.41, 5.74) is 1.63. The van der Waals surface area contributed by atoms with Crippen LogP contribution in [-0.4, -0.2) is 32.8 Å². The van der Waals surface area contributed by atoms with Crippen LogP contribution < -0.4 is 0 Å². The Hall–Kier alpha value is -3.22. The first kappa shape index (κ1) is 20.1. The normalized spacial score (nSPS) is 10.6. The van der Waals surface area contributed by atoms with Crippen molar-refractivity contribution in [3.05, 3.63) is 75.3 Å². The molecule has 2 aromatic rings. The van der Waals surface area contributed by atoms with Crippen molar-refractivity contribution in [3.63, 3.8) is 0 Å². The van der Waals surface area contributed by atoms with Crippen LogP contribution in [-0.2, 0) is 17.8 Å². The van der Waals surface area contributed by atoms with E-state index in [-0.39, 0.29) is 29.6 Å². The van der Waals surface area contributed by atoms with Crippen molar-refractivity contribution in [2.75, 3.05) is 0 Å². The van der Waals surface area contributed by atoms with Gasteiger partial charge in [0.2, 0.25) is 5.91 Å². The lowest BCUT2D eigenvalue weighted by atomic mass is 10.0. The van der Waals surface area contributed by atoms with E-state index in [4.69, 9.17) is 0 Å². The van der Waals surface area contributed by atoms with Gasteiger partial charge in [-0.1, -0.05) is 30.3 Å². The molecule has 1 N–H and O–H groups in total. The fourth-order valence-electron chi connectivity index (χ4n) is 2.81. The summed E-state index contributed by atoms with van der Waals surface area (Å²) in [4.78, 5) is 35.9. The van der Waals surface area contributed by atoms with E-state index >= 15 is 0 Å². The second-order valence-electron chi connectivity index (χ2n) is 6.50. The van der Waals surface area contributed by atoms with Gasteiger partial charge in [-0.3, -0.25) is 14.9 Å². The Kier molecular flexibility index (Phi) is 6.65. The number of benzene rings is 2. The minimum Gasteiger partial charge on any atom is -0.478 e.